The van der Waals surface area contributed by atoms with Gasteiger partial charge in [0.15, 0.2) is 0 Å². The van der Waals surface area contributed by atoms with Crippen molar-refractivity contribution in [1.82, 2.24) is 0 Å². The van der Waals surface area contributed by atoms with Gasteiger partial charge in [0.25, 0.3) is 5.91 Å². The number of aryl methyl sites for hydroxylation is 2. The Kier molecular flexibility index (Phi) is 6.17. The summed E-state index contributed by atoms with van der Waals surface area (Å²) in [4.78, 5) is 12.5. The van der Waals surface area contributed by atoms with Crippen LogP contribution in [0.5, 0.6) is 0 Å². The highest BCUT2D eigenvalue weighted by Crippen LogP contribution is 2.23. The van der Waals surface area contributed by atoms with Gasteiger partial charge in [-0.2, -0.15) is 5.26 Å². The van der Waals surface area contributed by atoms with E-state index in [2.05, 4.69) is 5.32 Å². The van der Waals surface area contributed by atoms with E-state index in [1.807, 2.05) is 38.1 Å². The number of amides is 1. The summed E-state index contributed by atoms with van der Waals surface area (Å²) in [6, 6.07) is 14.9. The molecule has 4 heteroatoms. The predicted octanol–water partition coefficient (Wildman–Crippen LogP) is 5.01. The fraction of sp³-hybridized carbons (Fsp3) is 0.200. The molecule has 0 bridgehead atoms. The van der Waals surface area contributed by atoms with Crippen LogP contribution >= 0.6 is 11.6 Å². The van der Waals surface area contributed by atoms with Crippen LogP contribution in [0.3, 0.4) is 0 Å². The zero-order chi connectivity index (χ0) is 17.5. The van der Waals surface area contributed by atoms with E-state index in [9.17, 15) is 10.1 Å². The Hall–Kier alpha value is -2.57. The number of carbonyl (C=O) groups excluding carboxylic acids is 1. The number of nitrogens with one attached hydrogen (secondary N) is 1. The molecule has 0 aliphatic rings. The van der Waals surface area contributed by atoms with Crippen LogP contribution in [-0.4, -0.2) is 5.91 Å². The lowest BCUT2D eigenvalue weighted by Gasteiger charge is -2.14. The van der Waals surface area contributed by atoms with Crippen LogP contribution < -0.4 is 5.32 Å². The zero-order valence-electron chi connectivity index (χ0n) is 13.8. The van der Waals surface area contributed by atoms with Crippen molar-refractivity contribution in [3.8, 4) is 6.07 Å². The Morgan fingerprint density at radius 3 is 2.21 bits per heavy atom. The minimum absolute atomic E-state index is 0.0604. The molecule has 2 aromatic carbocycles. The molecule has 0 fully saturated rings. The van der Waals surface area contributed by atoms with Crippen molar-refractivity contribution < 1.29 is 4.79 Å². The summed E-state index contributed by atoms with van der Waals surface area (Å²) in [5.41, 5.74) is 3.75. The Balaban J connectivity index is 2.31. The van der Waals surface area contributed by atoms with Crippen molar-refractivity contribution in [2.75, 3.05) is 5.32 Å². The minimum atomic E-state index is -0.400. The van der Waals surface area contributed by atoms with Gasteiger partial charge in [-0.05, 0) is 47.7 Å². The average molecular weight is 339 g/mol. The van der Waals surface area contributed by atoms with Gasteiger partial charge in [0.2, 0.25) is 0 Å². The molecule has 2 rings (SSSR count). The first-order valence-corrected chi connectivity index (χ1v) is 8.26. The van der Waals surface area contributed by atoms with Crippen LogP contribution in [0.15, 0.2) is 48.0 Å². The second-order valence-electron chi connectivity index (χ2n) is 5.33. The molecule has 2 aromatic rings. The van der Waals surface area contributed by atoms with Crippen LogP contribution in [0.1, 0.15) is 30.5 Å². The molecule has 1 N–H and O–H groups in total. The van der Waals surface area contributed by atoms with E-state index >= 15 is 0 Å². The molecule has 0 heterocycles. The summed E-state index contributed by atoms with van der Waals surface area (Å²) in [6.07, 6.45) is 3.18. The van der Waals surface area contributed by atoms with E-state index in [1.165, 1.54) is 0 Å². The van der Waals surface area contributed by atoms with Crippen LogP contribution in [0.25, 0.3) is 6.08 Å². The standard InChI is InChI=1S/C20H19ClN2O/c1-3-15-6-5-7-16(4-2)19(15)23-20(24)17(13-22)12-14-8-10-18(21)11-9-14/h5-12H,3-4H2,1-2H3,(H,23,24)/b17-12+. The van der Waals surface area contributed by atoms with Gasteiger partial charge in [0.1, 0.15) is 11.6 Å². The average Bonchev–Trinajstić information content (AvgIpc) is 2.61. The molecular formula is C20H19ClN2O. The number of anilines is 1. The number of nitriles is 1. The van der Waals surface area contributed by atoms with Crippen molar-refractivity contribution in [3.05, 3.63) is 69.8 Å². The maximum absolute atomic E-state index is 12.5. The lowest BCUT2D eigenvalue weighted by atomic mass is 10.0. The molecule has 0 unspecified atom stereocenters. The Labute approximate surface area is 147 Å². The number of rotatable bonds is 5. The van der Waals surface area contributed by atoms with Crippen molar-refractivity contribution in [2.45, 2.75) is 26.7 Å². The number of halogens is 1. The van der Waals surface area contributed by atoms with Crippen molar-refractivity contribution >= 4 is 29.3 Å². The first-order chi connectivity index (χ1) is 11.6. The summed E-state index contributed by atoms with van der Waals surface area (Å²) in [7, 11) is 0. The maximum Gasteiger partial charge on any atom is 0.266 e. The second-order valence-corrected chi connectivity index (χ2v) is 5.77. The molecule has 0 saturated heterocycles. The fourth-order valence-electron chi connectivity index (χ4n) is 2.46. The quantitative estimate of drug-likeness (QED) is 0.615. The number of hydrogen-bond acceptors (Lipinski definition) is 2. The van der Waals surface area contributed by atoms with E-state index in [-0.39, 0.29) is 5.57 Å². The molecule has 0 atom stereocenters. The van der Waals surface area contributed by atoms with Crippen molar-refractivity contribution in [2.24, 2.45) is 0 Å². The van der Waals surface area contributed by atoms with Gasteiger partial charge < -0.3 is 5.32 Å². The summed E-state index contributed by atoms with van der Waals surface area (Å²) in [5, 5.41) is 12.9. The Morgan fingerprint density at radius 2 is 1.71 bits per heavy atom. The third-order valence-electron chi connectivity index (χ3n) is 3.78. The van der Waals surface area contributed by atoms with E-state index < -0.39 is 5.91 Å². The van der Waals surface area contributed by atoms with Crippen molar-refractivity contribution in [1.29, 1.82) is 5.26 Å². The van der Waals surface area contributed by atoms with E-state index in [0.29, 0.717) is 5.02 Å². The van der Waals surface area contributed by atoms with Gasteiger partial charge in [-0.25, -0.2) is 0 Å². The van der Waals surface area contributed by atoms with Gasteiger partial charge in [0, 0.05) is 10.7 Å². The minimum Gasteiger partial charge on any atom is -0.321 e. The van der Waals surface area contributed by atoms with Crippen LogP contribution in [-0.2, 0) is 17.6 Å². The number of nitrogens with zero attached hydrogens (tertiary/aromatic N) is 1. The number of hydrogen-bond donors (Lipinski definition) is 1. The fourth-order valence-corrected chi connectivity index (χ4v) is 2.58. The van der Waals surface area contributed by atoms with E-state index in [4.69, 9.17) is 11.6 Å². The monoisotopic (exact) mass is 338 g/mol. The SMILES string of the molecule is CCc1cccc(CC)c1NC(=O)/C(C#N)=C/c1ccc(Cl)cc1. The third-order valence-corrected chi connectivity index (χ3v) is 4.04. The molecule has 0 aliphatic carbocycles. The lowest BCUT2D eigenvalue weighted by molar-refractivity contribution is -0.112. The third kappa shape index (κ3) is 4.24. The lowest BCUT2D eigenvalue weighted by Crippen LogP contribution is -2.16. The normalized spacial score (nSPS) is 11.0. The highest BCUT2D eigenvalue weighted by Gasteiger charge is 2.14. The first-order valence-electron chi connectivity index (χ1n) is 7.88. The Bertz CT molecular complexity index is 779. The second kappa shape index (κ2) is 8.33. The molecule has 0 saturated carbocycles. The van der Waals surface area contributed by atoms with Crippen LogP contribution in [0, 0.1) is 11.3 Å². The van der Waals surface area contributed by atoms with Crippen LogP contribution in [0.2, 0.25) is 5.02 Å². The molecule has 0 aromatic heterocycles. The van der Waals surface area contributed by atoms with Gasteiger partial charge in [0.05, 0.1) is 0 Å². The molecule has 0 aliphatic heterocycles. The molecule has 0 spiro atoms. The van der Waals surface area contributed by atoms with Crippen LogP contribution in [0.4, 0.5) is 5.69 Å². The molecule has 122 valence electrons. The smallest absolute Gasteiger partial charge is 0.266 e. The number of benzene rings is 2. The van der Waals surface area contributed by atoms with E-state index in [1.54, 1.807) is 30.3 Å². The number of para-hydroxylation sites is 1. The summed E-state index contributed by atoms with van der Waals surface area (Å²) < 4.78 is 0. The first kappa shape index (κ1) is 17.8. The summed E-state index contributed by atoms with van der Waals surface area (Å²) in [6.45, 7) is 4.08. The topological polar surface area (TPSA) is 52.9 Å². The van der Waals surface area contributed by atoms with Crippen molar-refractivity contribution in [3.63, 3.8) is 0 Å². The highest BCUT2D eigenvalue weighted by atomic mass is 35.5. The number of carbonyl (C=O) groups is 1. The van der Waals surface area contributed by atoms with Gasteiger partial charge in [-0.1, -0.05) is 55.8 Å². The van der Waals surface area contributed by atoms with E-state index in [0.717, 1.165) is 35.2 Å². The van der Waals surface area contributed by atoms with Gasteiger partial charge >= 0.3 is 0 Å². The summed E-state index contributed by atoms with van der Waals surface area (Å²) in [5.74, 6) is -0.400. The van der Waals surface area contributed by atoms with Gasteiger partial charge in [-0.15, -0.1) is 0 Å². The molecule has 3 nitrogen and oxygen atoms in total. The van der Waals surface area contributed by atoms with Gasteiger partial charge in [-0.3, -0.25) is 4.79 Å². The molecule has 24 heavy (non-hydrogen) atoms. The zero-order valence-corrected chi connectivity index (χ0v) is 14.5. The molecule has 1 amide bonds. The largest absolute Gasteiger partial charge is 0.321 e. The summed E-state index contributed by atoms with van der Waals surface area (Å²) >= 11 is 5.85. The molecular weight excluding hydrogens is 320 g/mol. The molecule has 0 radical (unpaired) electrons. The Morgan fingerprint density at radius 1 is 1.12 bits per heavy atom. The predicted molar refractivity (Wildman–Crippen MR) is 98.9 cm³/mol. The maximum atomic E-state index is 12.5. The highest BCUT2D eigenvalue weighted by molar-refractivity contribution is 6.30.